The van der Waals surface area contributed by atoms with E-state index in [1.54, 1.807) is 31.4 Å². The molecule has 158 valence electrons. The molecular formula is C23H24N6O2. The number of aromatic amines is 1. The first-order valence-corrected chi connectivity index (χ1v) is 10.5. The summed E-state index contributed by atoms with van der Waals surface area (Å²) < 4.78 is 1.39. The third kappa shape index (κ3) is 3.59. The van der Waals surface area contributed by atoms with Crippen molar-refractivity contribution in [2.45, 2.75) is 25.3 Å². The fourth-order valence-electron chi connectivity index (χ4n) is 4.31. The van der Waals surface area contributed by atoms with Gasteiger partial charge >= 0.3 is 0 Å². The molecule has 31 heavy (non-hydrogen) atoms. The molecule has 0 spiro atoms. The number of amides is 1. The molecule has 0 saturated carbocycles. The number of fused-ring (bicyclic) bond motifs is 2. The van der Waals surface area contributed by atoms with Gasteiger partial charge in [0.2, 0.25) is 0 Å². The van der Waals surface area contributed by atoms with Gasteiger partial charge in [0.05, 0.1) is 22.7 Å². The van der Waals surface area contributed by atoms with Gasteiger partial charge in [-0.1, -0.05) is 6.42 Å². The number of anilines is 1. The molecule has 4 aromatic rings. The maximum absolute atomic E-state index is 12.8. The number of nitrogens with one attached hydrogen (secondary N) is 2. The lowest BCUT2D eigenvalue weighted by Gasteiger charge is -2.31. The van der Waals surface area contributed by atoms with Crippen LogP contribution in [0.2, 0.25) is 0 Å². The normalized spacial score (nSPS) is 17.3. The number of aromatic nitrogens is 4. The Morgan fingerprint density at radius 1 is 1.16 bits per heavy atom. The topological polar surface area (TPSA) is 95.9 Å². The zero-order chi connectivity index (χ0) is 21.5. The van der Waals surface area contributed by atoms with Crippen molar-refractivity contribution in [2.75, 3.05) is 18.9 Å². The highest BCUT2D eigenvalue weighted by Gasteiger charge is 2.22. The molecule has 1 aliphatic heterocycles. The zero-order valence-corrected chi connectivity index (χ0v) is 17.6. The minimum absolute atomic E-state index is 0.189. The highest BCUT2D eigenvalue weighted by atomic mass is 16.1. The summed E-state index contributed by atoms with van der Waals surface area (Å²) in [4.78, 5) is 39.6. The molecule has 4 heterocycles. The monoisotopic (exact) mass is 416 g/mol. The fraction of sp³-hybridized carbons (Fsp3) is 0.304. The van der Waals surface area contributed by atoms with Crippen LogP contribution in [0.1, 0.15) is 41.4 Å². The highest BCUT2D eigenvalue weighted by Crippen LogP contribution is 2.31. The van der Waals surface area contributed by atoms with Crippen molar-refractivity contribution in [3.05, 3.63) is 64.5 Å². The van der Waals surface area contributed by atoms with Crippen LogP contribution in [0.4, 0.5) is 5.82 Å². The molecule has 1 saturated heterocycles. The van der Waals surface area contributed by atoms with Crippen molar-refractivity contribution >= 4 is 33.5 Å². The molecule has 2 N–H and O–H groups in total. The second-order valence-electron chi connectivity index (χ2n) is 8.22. The quantitative estimate of drug-likeness (QED) is 0.535. The number of nitrogens with zero attached hydrogens (tertiary/aromatic N) is 4. The van der Waals surface area contributed by atoms with Crippen molar-refractivity contribution in [1.29, 1.82) is 0 Å². The summed E-state index contributed by atoms with van der Waals surface area (Å²) in [5.74, 6) is 0.139. The number of aryl methyl sites for hydroxylation is 1. The first-order valence-electron chi connectivity index (χ1n) is 10.5. The van der Waals surface area contributed by atoms with E-state index >= 15 is 0 Å². The van der Waals surface area contributed by atoms with E-state index in [0.717, 1.165) is 23.9 Å². The number of H-pyrrole nitrogens is 1. The molecule has 1 fully saturated rings. The molecule has 5 rings (SSSR count). The van der Waals surface area contributed by atoms with Crippen LogP contribution < -0.4 is 10.9 Å². The Kier molecular flexibility index (Phi) is 4.78. The average molecular weight is 416 g/mol. The Balaban J connectivity index is 1.41. The van der Waals surface area contributed by atoms with E-state index < -0.39 is 0 Å². The minimum atomic E-state index is -0.321. The van der Waals surface area contributed by atoms with Crippen LogP contribution in [0.3, 0.4) is 0 Å². The minimum Gasteiger partial charge on any atom is -0.357 e. The van der Waals surface area contributed by atoms with Crippen LogP contribution >= 0.6 is 0 Å². The first kappa shape index (κ1) is 19.4. The second-order valence-corrected chi connectivity index (χ2v) is 8.22. The van der Waals surface area contributed by atoms with Gasteiger partial charge in [0.15, 0.2) is 0 Å². The van der Waals surface area contributed by atoms with Gasteiger partial charge in [0, 0.05) is 42.0 Å². The third-order valence-electron chi connectivity index (χ3n) is 6.08. The second kappa shape index (κ2) is 7.63. The third-order valence-corrected chi connectivity index (χ3v) is 6.08. The predicted octanol–water partition coefficient (Wildman–Crippen LogP) is 3.22. The molecule has 1 amide bonds. The van der Waals surface area contributed by atoms with E-state index in [1.165, 1.54) is 29.4 Å². The molecule has 3 aromatic heterocycles. The summed E-state index contributed by atoms with van der Waals surface area (Å²) >= 11 is 0. The number of carbonyl (C=O) groups excluding carboxylic acids is 1. The van der Waals surface area contributed by atoms with Crippen LogP contribution in [-0.2, 0) is 7.05 Å². The van der Waals surface area contributed by atoms with Gasteiger partial charge < -0.3 is 14.9 Å². The molecule has 0 unspecified atom stereocenters. The Labute approximate surface area is 178 Å². The lowest BCUT2D eigenvalue weighted by atomic mass is 10.0. The molecule has 8 heteroatoms. The van der Waals surface area contributed by atoms with Crippen LogP contribution in [0.15, 0.2) is 47.7 Å². The average Bonchev–Trinajstić information content (AvgIpc) is 3.19. The molecule has 0 radical (unpaired) electrons. The maximum Gasteiger partial charge on any atom is 0.260 e. The van der Waals surface area contributed by atoms with E-state index in [-0.39, 0.29) is 11.5 Å². The van der Waals surface area contributed by atoms with Gasteiger partial charge in [-0.2, -0.15) is 0 Å². The van der Waals surface area contributed by atoms with Gasteiger partial charge in [-0.25, -0.2) is 9.97 Å². The Morgan fingerprint density at radius 2 is 2.03 bits per heavy atom. The molecule has 1 aliphatic rings. The van der Waals surface area contributed by atoms with Crippen LogP contribution in [-0.4, -0.2) is 43.9 Å². The van der Waals surface area contributed by atoms with Gasteiger partial charge in [-0.15, -0.1) is 0 Å². The van der Waals surface area contributed by atoms with E-state index in [9.17, 15) is 9.59 Å². The molecule has 0 bridgehead atoms. The summed E-state index contributed by atoms with van der Waals surface area (Å²) in [6.07, 6.45) is 6.85. The van der Waals surface area contributed by atoms with Crippen molar-refractivity contribution in [1.82, 2.24) is 24.4 Å². The van der Waals surface area contributed by atoms with E-state index in [1.807, 2.05) is 6.07 Å². The van der Waals surface area contributed by atoms with Crippen LogP contribution in [0.25, 0.3) is 21.8 Å². The summed E-state index contributed by atoms with van der Waals surface area (Å²) in [6.45, 7) is 1.10. The Hall–Kier alpha value is -3.52. The number of hydrogen-bond donors (Lipinski definition) is 2. The lowest BCUT2D eigenvalue weighted by molar-refractivity contribution is 0.102. The molecule has 8 nitrogen and oxygen atoms in total. The SMILES string of the molecule is CN1CCCC[C@@H]1c1cc2cnc(NC(=O)c3ccc4ncn(C)c(=O)c4c3)cc2[nH]1. The molecular weight excluding hydrogens is 392 g/mol. The standard InChI is InChI=1S/C23H24N6O2/c1-28-8-4-3-5-20(28)19-10-15-12-24-21(11-18(15)26-19)27-22(30)14-6-7-17-16(9-14)23(31)29(2)13-25-17/h6-7,9-13,20,26H,3-5,8H2,1-2H3,(H,24,27,30)/t20-/m1/s1. The molecule has 1 atom stereocenters. The first-order chi connectivity index (χ1) is 15.0. The Bertz CT molecular complexity index is 1360. The highest BCUT2D eigenvalue weighted by molar-refractivity contribution is 6.06. The number of hydrogen-bond acceptors (Lipinski definition) is 5. The van der Waals surface area contributed by atoms with Gasteiger partial charge in [-0.05, 0) is 50.7 Å². The van der Waals surface area contributed by atoms with Crippen LogP contribution in [0.5, 0.6) is 0 Å². The predicted molar refractivity (Wildman–Crippen MR) is 120 cm³/mol. The number of benzene rings is 1. The van der Waals surface area contributed by atoms with E-state index in [4.69, 9.17) is 0 Å². The van der Waals surface area contributed by atoms with E-state index in [0.29, 0.717) is 28.3 Å². The maximum atomic E-state index is 12.8. The number of piperidine rings is 1. The zero-order valence-electron chi connectivity index (χ0n) is 17.6. The number of carbonyl (C=O) groups is 1. The Morgan fingerprint density at radius 3 is 2.87 bits per heavy atom. The number of rotatable bonds is 3. The largest absolute Gasteiger partial charge is 0.357 e. The van der Waals surface area contributed by atoms with Gasteiger partial charge in [0.25, 0.3) is 11.5 Å². The molecule has 0 aliphatic carbocycles. The van der Waals surface area contributed by atoms with Crippen molar-refractivity contribution in [2.24, 2.45) is 7.05 Å². The van der Waals surface area contributed by atoms with Crippen molar-refractivity contribution < 1.29 is 4.79 Å². The number of likely N-dealkylation sites (tertiary alicyclic amines) is 1. The summed E-state index contributed by atoms with van der Waals surface area (Å²) in [5.41, 5.74) is 2.88. The summed E-state index contributed by atoms with van der Waals surface area (Å²) in [6, 6.07) is 9.29. The van der Waals surface area contributed by atoms with Gasteiger partial charge in [-0.3, -0.25) is 14.5 Å². The smallest absolute Gasteiger partial charge is 0.260 e. The van der Waals surface area contributed by atoms with E-state index in [2.05, 4.69) is 38.3 Å². The lowest BCUT2D eigenvalue weighted by Crippen LogP contribution is -2.29. The van der Waals surface area contributed by atoms with Crippen molar-refractivity contribution in [3.63, 3.8) is 0 Å². The summed E-state index contributed by atoms with van der Waals surface area (Å²) in [7, 11) is 3.79. The van der Waals surface area contributed by atoms with Gasteiger partial charge in [0.1, 0.15) is 5.82 Å². The molecule has 1 aromatic carbocycles. The van der Waals surface area contributed by atoms with Crippen LogP contribution in [0, 0.1) is 0 Å². The number of pyridine rings is 1. The summed E-state index contributed by atoms with van der Waals surface area (Å²) in [5, 5.41) is 4.27. The fourth-order valence-corrected chi connectivity index (χ4v) is 4.31. The van der Waals surface area contributed by atoms with Crippen molar-refractivity contribution in [3.8, 4) is 0 Å².